The molecule has 0 rings (SSSR count). The minimum Gasteiger partial charge on any atom is -0.170 e. The fraction of sp³-hybridized carbons (Fsp3) is 1.00. The highest BCUT2D eigenvalue weighted by atomic mass is 15.1. The molecule has 0 aliphatic heterocycles. The highest BCUT2D eigenvalue weighted by molar-refractivity contribution is 4.65. The van der Waals surface area contributed by atoms with Crippen molar-refractivity contribution in [3.8, 4) is 0 Å². The largest absolute Gasteiger partial charge is 0.170 e. The maximum absolute atomic E-state index is 2.74. The summed E-state index contributed by atoms with van der Waals surface area (Å²) in [7, 11) is 0. The Labute approximate surface area is 123 Å². The van der Waals surface area contributed by atoms with Gasteiger partial charge in [0, 0.05) is 19.3 Å². The Bertz CT molecular complexity index is 127. The Hall–Kier alpha value is -0.0400. The second kappa shape index (κ2) is 16.0. The zero-order chi connectivity index (χ0) is 14.2. The van der Waals surface area contributed by atoms with Crippen LogP contribution in [0.1, 0.15) is 97.8 Å². The highest BCUT2D eigenvalue weighted by Crippen LogP contribution is 2.06. The monoisotopic (exact) mass is 269 g/mol. The van der Waals surface area contributed by atoms with E-state index in [4.69, 9.17) is 0 Å². The fourth-order valence-electron chi connectivity index (χ4n) is 2.62. The van der Waals surface area contributed by atoms with E-state index < -0.39 is 0 Å². The first-order valence-corrected chi connectivity index (χ1v) is 9.07. The second-order valence-corrected chi connectivity index (χ2v) is 6.02. The number of unbranched alkanes of at least 4 members (excludes halogenated alkanes) is 9. The van der Waals surface area contributed by atoms with Crippen molar-refractivity contribution >= 4 is 0 Å². The molecule has 1 radical (unpaired) electrons. The molecule has 1 nitrogen and oxygen atoms in total. The fourth-order valence-corrected chi connectivity index (χ4v) is 2.62. The normalized spacial score (nSPS) is 11.4. The maximum atomic E-state index is 2.74. The topological polar surface area (TPSA) is 5.90 Å². The zero-order valence-corrected chi connectivity index (χ0v) is 14.1. The van der Waals surface area contributed by atoms with Gasteiger partial charge >= 0.3 is 0 Å². The predicted octanol–water partition coefficient (Wildman–Crippen LogP) is 5.87. The molecule has 0 aliphatic carbocycles. The van der Waals surface area contributed by atoms with Gasteiger partial charge < -0.3 is 0 Å². The van der Waals surface area contributed by atoms with Crippen molar-refractivity contribution in [2.24, 2.45) is 0 Å². The third-order valence-corrected chi connectivity index (χ3v) is 3.98. The van der Waals surface area contributed by atoms with Crippen molar-refractivity contribution in [1.29, 1.82) is 0 Å². The SMILES string of the molecule is CCCCCC[N+](CCCCCC)CCCCCC. The molecule has 0 aromatic carbocycles. The number of nitrogens with zero attached hydrogens (tertiary/aromatic N) is 1. The number of hydrogen-bond acceptors (Lipinski definition) is 1. The number of rotatable bonds is 15. The van der Waals surface area contributed by atoms with Crippen molar-refractivity contribution in [3.05, 3.63) is 0 Å². The summed E-state index contributed by atoms with van der Waals surface area (Å²) in [4.78, 5) is 2.74. The molecule has 19 heavy (non-hydrogen) atoms. The third kappa shape index (κ3) is 14.2. The van der Waals surface area contributed by atoms with Crippen molar-refractivity contribution in [2.75, 3.05) is 19.6 Å². The second-order valence-electron chi connectivity index (χ2n) is 6.02. The lowest BCUT2D eigenvalue weighted by Crippen LogP contribution is -2.33. The summed E-state index contributed by atoms with van der Waals surface area (Å²) in [6, 6.07) is 0. The molecule has 0 spiro atoms. The molecule has 0 aliphatic rings. The Morgan fingerprint density at radius 3 is 1.00 bits per heavy atom. The van der Waals surface area contributed by atoms with Crippen LogP contribution in [0.3, 0.4) is 0 Å². The Morgan fingerprint density at radius 1 is 0.421 bits per heavy atom. The average Bonchev–Trinajstić information content (AvgIpc) is 2.43. The van der Waals surface area contributed by atoms with Crippen LogP contribution in [0.25, 0.3) is 0 Å². The quantitative estimate of drug-likeness (QED) is 0.259. The summed E-state index contributed by atoms with van der Waals surface area (Å²) in [5, 5.41) is 0. The molecule has 0 aromatic rings. The van der Waals surface area contributed by atoms with E-state index >= 15 is 0 Å². The van der Waals surface area contributed by atoms with Crippen molar-refractivity contribution in [1.82, 2.24) is 4.90 Å². The minimum atomic E-state index is 1.35. The molecular weight excluding hydrogens is 230 g/mol. The van der Waals surface area contributed by atoms with E-state index in [1.807, 2.05) is 0 Å². The van der Waals surface area contributed by atoms with Gasteiger partial charge in [0.05, 0.1) is 0 Å². The highest BCUT2D eigenvalue weighted by Gasteiger charge is 2.13. The first kappa shape index (κ1) is 19.0. The molecule has 0 amide bonds. The van der Waals surface area contributed by atoms with Crippen LogP contribution in [-0.2, 0) is 0 Å². The summed E-state index contributed by atoms with van der Waals surface area (Å²) in [5.74, 6) is 0. The smallest absolute Gasteiger partial charge is 0.122 e. The number of hydrogen-bond donors (Lipinski definition) is 0. The molecule has 0 unspecified atom stereocenters. The van der Waals surface area contributed by atoms with E-state index in [-0.39, 0.29) is 0 Å². The van der Waals surface area contributed by atoms with E-state index in [0.29, 0.717) is 0 Å². The van der Waals surface area contributed by atoms with Crippen molar-refractivity contribution in [3.63, 3.8) is 0 Å². The zero-order valence-electron chi connectivity index (χ0n) is 14.1. The van der Waals surface area contributed by atoms with E-state index in [0.717, 1.165) is 0 Å². The molecule has 0 atom stereocenters. The van der Waals surface area contributed by atoms with Gasteiger partial charge in [-0.1, -0.05) is 59.3 Å². The van der Waals surface area contributed by atoms with Gasteiger partial charge in [0.15, 0.2) is 0 Å². The van der Waals surface area contributed by atoms with Gasteiger partial charge in [0.1, 0.15) is 19.6 Å². The molecule has 0 aromatic heterocycles. The minimum absolute atomic E-state index is 1.35. The summed E-state index contributed by atoms with van der Waals surface area (Å²) in [6.07, 6.45) is 16.8. The average molecular weight is 270 g/mol. The van der Waals surface area contributed by atoms with Crippen LogP contribution in [0.15, 0.2) is 0 Å². The molecular formula is C18H39N+. The first-order valence-electron chi connectivity index (χ1n) is 9.07. The Balaban J connectivity index is 3.66. The van der Waals surface area contributed by atoms with Crippen LogP contribution in [0.5, 0.6) is 0 Å². The van der Waals surface area contributed by atoms with E-state index in [2.05, 4.69) is 25.7 Å². The molecule has 0 bridgehead atoms. The first-order chi connectivity index (χ1) is 9.35. The lowest BCUT2D eigenvalue weighted by Gasteiger charge is -2.12. The summed E-state index contributed by atoms with van der Waals surface area (Å²) < 4.78 is 0. The van der Waals surface area contributed by atoms with E-state index in [1.54, 1.807) is 0 Å². The molecule has 0 fully saturated rings. The molecule has 0 saturated heterocycles. The Kier molecular flexibility index (Phi) is 16.0. The van der Waals surface area contributed by atoms with E-state index in [9.17, 15) is 0 Å². The van der Waals surface area contributed by atoms with Crippen LogP contribution < -0.4 is 4.90 Å². The molecule has 115 valence electrons. The standard InChI is InChI=1S/C18H39N/c1-4-7-10-13-16-19(17-14-11-8-5-2)18-15-12-9-6-3/h4-18H2,1-3H3/q+1. The summed E-state index contributed by atoms with van der Waals surface area (Å²) >= 11 is 0. The lowest BCUT2D eigenvalue weighted by atomic mass is 10.1. The molecule has 0 heterocycles. The Morgan fingerprint density at radius 2 is 0.737 bits per heavy atom. The van der Waals surface area contributed by atoms with Gasteiger partial charge in [0.2, 0.25) is 0 Å². The van der Waals surface area contributed by atoms with Crippen LogP contribution in [0.4, 0.5) is 0 Å². The lowest BCUT2D eigenvalue weighted by molar-refractivity contribution is 0.370. The molecule has 0 N–H and O–H groups in total. The predicted molar refractivity (Wildman–Crippen MR) is 89.2 cm³/mol. The van der Waals surface area contributed by atoms with Crippen LogP contribution >= 0.6 is 0 Å². The van der Waals surface area contributed by atoms with Crippen LogP contribution in [0, 0.1) is 0 Å². The summed E-state index contributed by atoms with van der Waals surface area (Å²) in [6.45, 7) is 10.9. The van der Waals surface area contributed by atoms with Crippen LogP contribution in [-0.4, -0.2) is 19.6 Å². The third-order valence-electron chi connectivity index (χ3n) is 3.98. The van der Waals surface area contributed by atoms with Gasteiger partial charge in [-0.15, -0.1) is 0 Å². The van der Waals surface area contributed by atoms with Gasteiger partial charge in [-0.2, -0.15) is 4.90 Å². The van der Waals surface area contributed by atoms with Gasteiger partial charge in [-0.05, 0) is 19.3 Å². The molecule has 0 saturated carbocycles. The van der Waals surface area contributed by atoms with Crippen LogP contribution in [0.2, 0.25) is 0 Å². The van der Waals surface area contributed by atoms with Gasteiger partial charge in [-0.25, -0.2) is 0 Å². The van der Waals surface area contributed by atoms with Gasteiger partial charge in [-0.3, -0.25) is 0 Å². The van der Waals surface area contributed by atoms with Gasteiger partial charge in [0.25, 0.3) is 0 Å². The molecule has 1 heteroatoms. The van der Waals surface area contributed by atoms with Crippen molar-refractivity contribution < 1.29 is 0 Å². The van der Waals surface area contributed by atoms with E-state index in [1.165, 1.54) is 96.7 Å². The maximum Gasteiger partial charge on any atom is 0.122 e. The van der Waals surface area contributed by atoms with Crippen molar-refractivity contribution in [2.45, 2.75) is 97.8 Å². The summed E-state index contributed by atoms with van der Waals surface area (Å²) in [5.41, 5.74) is 0.